The molecule has 0 saturated heterocycles. The number of methoxy groups -OCH3 is 1. The number of rotatable bonds is 8. The molecule has 2 aromatic rings. The molecule has 7 heteroatoms. The molecule has 27 heavy (non-hydrogen) atoms. The highest BCUT2D eigenvalue weighted by molar-refractivity contribution is 6.33. The summed E-state index contributed by atoms with van der Waals surface area (Å²) in [5, 5.41) is 2.98. The van der Waals surface area contributed by atoms with Gasteiger partial charge in [-0.05, 0) is 36.2 Å². The summed E-state index contributed by atoms with van der Waals surface area (Å²) in [6.45, 7) is 4.16. The van der Waals surface area contributed by atoms with Gasteiger partial charge in [0.2, 0.25) is 0 Å². The number of hydrogen-bond acceptors (Lipinski definition) is 5. The van der Waals surface area contributed by atoms with E-state index in [1.54, 1.807) is 36.4 Å². The molecule has 0 radical (unpaired) electrons. The van der Waals surface area contributed by atoms with Gasteiger partial charge in [-0.1, -0.05) is 37.6 Å². The van der Waals surface area contributed by atoms with Gasteiger partial charge in [-0.25, -0.2) is 4.79 Å². The lowest BCUT2D eigenvalue weighted by molar-refractivity contribution is -0.119. The fourth-order valence-corrected chi connectivity index (χ4v) is 2.32. The van der Waals surface area contributed by atoms with Crippen LogP contribution in [0.1, 0.15) is 24.2 Å². The number of halogens is 1. The maximum absolute atomic E-state index is 12.2. The van der Waals surface area contributed by atoms with Gasteiger partial charge in [0.1, 0.15) is 0 Å². The molecule has 1 N–H and O–H groups in total. The van der Waals surface area contributed by atoms with E-state index >= 15 is 0 Å². The predicted molar refractivity (Wildman–Crippen MR) is 104 cm³/mol. The highest BCUT2D eigenvalue weighted by atomic mass is 35.5. The summed E-state index contributed by atoms with van der Waals surface area (Å²) in [7, 11) is 1.49. The smallest absolute Gasteiger partial charge is 0.338 e. The number of para-hydroxylation sites is 1. The normalized spacial score (nSPS) is 10.4. The number of ether oxygens (including phenoxy) is 3. The van der Waals surface area contributed by atoms with E-state index in [9.17, 15) is 9.59 Å². The third kappa shape index (κ3) is 6.18. The zero-order chi connectivity index (χ0) is 19.8. The Bertz CT molecular complexity index is 807. The van der Waals surface area contributed by atoms with E-state index in [4.69, 9.17) is 25.8 Å². The average Bonchev–Trinajstić information content (AvgIpc) is 2.66. The van der Waals surface area contributed by atoms with Crippen molar-refractivity contribution in [2.45, 2.75) is 13.8 Å². The van der Waals surface area contributed by atoms with Crippen LogP contribution in [0.2, 0.25) is 5.02 Å². The Hall–Kier alpha value is -2.73. The van der Waals surface area contributed by atoms with Gasteiger partial charge in [-0.3, -0.25) is 4.79 Å². The Balaban J connectivity index is 1.95. The number of hydrogen-bond donors (Lipinski definition) is 1. The maximum Gasteiger partial charge on any atom is 0.338 e. The molecule has 0 atom stereocenters. The molecule has 0 fully saturated rings. The second-order valence-electron chi connectivity index (χ2n) is 6.17. The Kier molecular flexibility index (Phi) is 7.49. The predicted octanol–water partition coefficient (Wildman–Crippen LogP) is 4.18. The molecule has 0 heterocycles. The Labute approximate surface area is 163 Å². The van der Waals surface area contributed by atoms with E-state index in [-0.39, 0.29) is 5.56 Å². The molecule has 6 nitrogen and oxygen atoms in total. The van der Waals surface area contributed by atoms with Gasteiger partial charge in [-0.15, -0.1) is 0 Å². The number of benzene rings is 2. The van der Waals surface area contributed by atoms with E-state index in [0.717, 1.165) is 0 Å². The van der Waals surface area contributed by atoms with E-state index in [0.29, 0.717) is 34.7 Å². The van der Waals surface area contributed by atoms with Crippen molar-refractivity contribution < 1.29 is 23.8 Å². The van der Waals surface area contributed by atoms with Crippen LogP contribution in [0.15, 0.2) is 42.5 Å². The average molecular weight is 392 g/mol. The Morgan fingerprint density at radius 1 is 1.11 bits per heavy atom. The van der Waals surface area contributed by atoms with E-state index < -0.39 is 18.5 Å². The van der Waals surface area contributed by atoms with Crippen molar-refractivity contribution >= 4 is 29.2 Å². The van der Waals surface area contributed by atoms with Crippen molar-refractivity contribution in [2.24, 2.45) is 5.92 Å². The number of anilines is 1. The van der Waals surface area contributed by atoms with Gasteiger partial charge < -0.3 is 19.5 Å². The number of nitrogens with one attached hydrogen (secondary N) is 1. The lowest BCUT2D eigenvalue weighted by atomic mass is 10.2. The van der Waals surface area contributed by atoms with Crippen LogP contribution in [-0.4, -0.2) is 32.2 Å². The number of amides is 1. The Morgan fingerprint density at radius 3 is 2.52 bits per heavy atom. The van der Waals surface area contributed by atoms with Crippen LogP contribution in [0.5, 0.6) is 11.5 Å². The molecule has 2 rings (SSSR count). The van der Waals surface area contributed by atoms with Crippen LogP contribution in [0, 0.1) is 5.92 Å². The number of esters is 1. The minimum atomic E-state index is -0.641. The largest absolute Gasteiger partial charge is 0.493 e. The fourth-order valence-electron chi connectivity index (χ4n) is 2.13. The lowest BCUT2D eigenvalue weighted by Crippen LogP contribution is -2.21. The topological polar surface area (TPSA) is 73.9 Å². The van der Waals surface area contributed by atoms with Crippen molar-refractivity contribution in [3.63, 3.8) is 0 Å². The van der Waals surface area contributed by atoms with Gasteiger partial charge >= 0.3 is 5.97 Å². The van der Waals surface area contributed by atoms with Gasteiger partial charge in [-0.2, -0.15) is 0 Å². The molecule has 0 aliphatic rings. The summed E-state index contributed by atoms with van der Waals surface area (Å²) >= 11 is 5.97. The third-order valence-electron chi connectivity index (χ3n) is 3.45. The number of carbonyl (C=O) groups excluding carboxylic acids is 2. The molecule has 0 unspecified atom stereocenters. The standard InChI is InChI=1S/C20H22ClNO5/c1-13(2)11-26-17-9-8-14(10-18(17)25-3)20(24)27-12-19(23)22-16-7-5-4-6-15(16)21/h4-10,13H,11-12H2,1-3H3,(H,22,23). The van der Waals surface area contributed by atoms with Crippen LogP contribution < -0.4 is 14.8 Å². The molecule has 0 aliphatic heterocycles. The van der Waals surface area contributed by atoms with Gasteiger partial charge in [0.25, 0.3) is 5.91 Å². The van der Waals surface area contributed by atoms with Crippen molar-refractivity contribution in [2.75, 3.05) is 25.6 Å². The first-order valence-electron chi connectivity index (χ1n) is 8.43. The quantitative estimate of drug-likeness (QED) is 0.683. The zero-order valence-corrected chi connectivity index (χ0v) is 16.2. The molecule has 0 spiro atoms. The minimum Gasteiger partial charge on any atom is -0.493 e. The second kappa shape index (κ2) is 9.83. The molecular weight excluding hydrogens is 370 g/mol. The summed E-state index contributed by atoms with van der Waals surface area (Å²) in [6, 6.07) is 11.5. The maximum atomic E-state index is 12.2. The highest BCUT2D eigenvalue weighted by Crippen LogP contribution is 2.28. The van der Waals surface area contributed by atoms with Crippen LogP contribution in [-0.2, 0) is 9.53 Å². The molecule has 0 bridgehead atoms. The van der Waals surface area contributed by atoms with Crippen molar-refractivity contribution in [1.82, 2.24) is 0 Å². The van der Waals surface area contributed by atoms with E-state index in [1.165, 1.54) is 13.2 Å². The van der Waals surface area contributed by atoms with Crippen LogP contribution in [0.3, 0.4) is 0 Å². The summed E-state index contributed by atoms with van der Waals surface area (Å²) in [6.07, 6.45) is 0. The minimum absolute atomic E-state index is 0.259. The molecule has 2 aromatic carbocycles. The first kappa shape index (κ1) is 20.6. The third-order valence-corrected chi connectivity index (χ3v) is 3.78. The Morgan fingerprint density at radius 2 is 1.85 bits per heavy atom. The number of carbonyl (C=O) groups is 2. The highest BCUT2D eigenvalue weighted by Gasteiger charge is 2.15. The van der Waals surface area contributed by atoms with Crippen molar-refractivity contribution in [3.8, 4) is 11.5 Å². The summed E-state index contributed by atoms with van der Waals surface area (Å²) in [5.41, 5.74) is 0.711. The summed E-state index contributed by atoms with van der Waals surface area (Å²) in [5.74, 6) is 0.194. The molecular formula is C20H22ClNO5. The van der Waals surface area contributed by atoms with Crippen molar-refractivity contribution in [1.29, 1.82) is 0 Å². The van der Waals surface area contributed by atoms with E-state index in [1.807, 2.05) is 13.8 Å². The van der Waals surface area contributed by atoms with Gasteiger partial charge in [0, 0.05) is 0 Å². The molecule has 1 amide bonds. The van der Waals surface area contributed by atoms with Crippen LogP contribution >= 0.6 is 11.6 Å². The summed E-state index contributed by atoms with van der Waals surface area (Å²) in [4.78, 5) is 24.1. The molecule has 0 aromatic heterocycles. The van der Waals surface area contributed by atoms with Crippen molar-refractivity contribution in [3.05, 3.63) is 53.1 Å². The first-order chi connectivity index (χ1) is 12.9. The molecule has 0 aliphatic carbocycles. The van der Waals surface area contributed by atoms with Gasteiger partial charge in [0.15, 0.2) is 18.1 Å². The summed E-state index contributed by atoms with van der Waals surface area (Å²) < 4.78 is 16.0. The first-order valence-corrected chi connectivity index (χ1v) is 8.81. The van der Waals surface area contributed by atoms with Crippen LogP contribution in [0.4, 0.5) is 5.69 Å². The van der Waals surface area contributed by atoms with Gasteiger partial charge in [0.05, 0.1) is 30.0 Å². The zero-order valence-electron chi connectivity index (χ0n) is 15.5. The fraction of sp³-hybridized carbons (Fsp3) is 0.300. The monoisotopic (exact) mass is 391 g/mol. The lowest BCUT2D eigenvalue weighted by Gasteiger charge is -2.13. The SMILES string of the molecule is COc1cc(C(=O)OCC(=O)Nc2ccccc2Cl)ccc1OCC(C)C. The van der Waals surface area contributed by atoms with E-state index in [2.05, 4.69) is 5.32 Å². The van der Waals surface area contributed by atoms with Crippen LogP contribution in [0.25, 0.3) is 0 Å². The molecule has 144 valence electrons. The second-order valence-corrected chi connectivity index (χ2v) is 6.58. The molecule has 0 saturated carbocycles.